The van der Waals surface area contributed by atoms with Crippen LogP contribution in [-0.4, -0.2) is 78.9 Å². The Hall–Kier alpha value is -2.08. The summed E-state index contributed by atoms with van der Waals surface area (Å²) in [5, 5.41) is 0. The number of amides is 2. The average Bonchev–Trinajstić information content (AvgIpc) is 3.18. The predicted molar refractivity (Wildman–Crippen MR) is 95.8 cm³/mol. The van der Waals surface area contributed by atoms with Crippen LogP contribution in [0.5, 0.6) is 5.75 Å². The first kappa shape index (κ1) is 17.7. The number of piperazine rings is 1. The molecule has 2 aliphatic heterocycles. The van der Waals surface area contributed by atoms with Crippen molar-refractivity contribution in [3.8, 4) is 5.75 Å². The van der Waals surface area contributed by atoms with Crippen LogP contribution in [0.1, 0.15) is 30.1 Å². The number of carbonyl (C=O) groups is 2. The van der Waals surface area contributed by atoms with Gasteiger partial charge in [-0.15, -0.1) is 0 Å². The molecule has 136 valence electrons. The third kappa shape index (κ3) is 4.51. The van der Waals surface area contributed by atoms with E-state index in [-0.39, 0.29) is 11.8 Å². The van der Waals surface area contributed by atoms with E-state index in [2.05, 4.69) is 4.90 Å². The number of nitrogens with zero attached hydrogens (tertiary/aromatic N) is 3. The first-order chi connectivity index (χ1) is 12.2. The largest absolute Gasteiger partial charge is 0.494 e. The van der Waals surface area contributed by atoms with Crippen molar-refractivity contribution in [2.45, 2.75) is 19.8 Å². The number of hydrogen-bond acceptors (Lipinski definition) is 4. The molecule has 2 heterocycles. The highest BCUT2D eigenvalue weighted by atomic mass is 16.5. The van der Waals surface area contributed by atoms with Crippen molar-refractivity contribution in [2.24, 2.45) is 0 Å². The van der Waals surface area contributed by atoms with Crippen LogP contribution >= 0.6 is 0 Å². The Balaban J connectivity index is 1.47. The lowest BCUT2D eigenvalue weighted by Crippen LogP contribution is -2.51. The molecule has 0 radical (unpaired) electrons. The lowest BCUT2D eigenvalue weighted by molar-refractivity contribution is -0.131. The van der Waals surface area contributed by atoms with Crippen LogP contribution in [0.2, 0.25) is 0 Å². The second-order valence-electron chi connectivity index (χ2n) is 6.61. The van der Waals surface area contributed by atoms with E-state index in [1.807, 2.05) is 41.0 Å². The standard InChI is InChI=1S/C19H27N3O3/c1-2-25-17-7-5-16(6-8-17)19(24)22-13-11-20(12-14-22)15-18(23)21-9-3-4-10-21/h5-8H,2-4,9-15H2,1H3. The molecule has 2 amide bonds. The van der Waals surface area contributed by atoms with Gasteiger partial charge in [0.15, 0.2) is 0 Å². The van der Waals surface area contributed by atoms with Crippen molar-refractivity contribution in [1.82, 2.24) is 14.7 Å². The summed E-state index contributed by atoms with van der Waals surface area (Å²) in [5.41, 5.74) is 0.685. The van der Waals surface area contributed by atoms with Crippen LogP contribution in [0, 0.1) is 0 Å². The number of benzene rings is 1. The zero-order chi connectivity index (χ0) is 17.6. The van der Waals surface area contributed by atoms with Gasteiger partial charge in [0.05, 0.1) is 13.2 Å². The number of rotatable bonds is 5. The van der Waals surface area contributed by atoms with E-state index in [1.54, 1.807) is 0 Å². The average molecular weight is 345 g/mol. The fourth-order valence-corrected chi connectivity index (χ4v) is 3.41. The van der Waals surface area contributed by atoms with E-state index in [9.17, 15) is 9.59 Å². The van der Waals surface area contributed by atoms with Gasteiger partial charge in [-0.25, -0.2) is 0 Å². The van der Waals surface area contributed by atoms with E-state index in [1.165, 1.54) is 0 Å². The minimum atomic E-state index is 0.0496. The molecular formula is C19H27N3O3. The Morgan fingerprint density at radius 3 is 2.16 bits per heavy atom. The molecule has 1 aromatic carbocycles. The molecule has 25 heavy (non-hydrogen) atoms. The molecule has 6 heteroatoms. The summed E-state index contributed by atoms with van der Waals surface area (Å²) in [6.45, 7) is 7.66. The summed E-state index contributed by atoms with van der Waals surface area (Å²) in [5.74, 6) is 1.06. The molecule has 0 N–H and O–H groups in total. The van der Waals surface area contributed by atoms with Gasteiger partial charge in [-0.3, -0.25) is 14.5 Å². The van der Waals surface area contributed by atoms with Gasteiger partial charge in [0, 0.05) is 44.8 Å². The third-order valence-electron chi connectivity index (χ3n) is 4.89. The number of ether oxygens (including phenoxy) is 1. The van der Waals surface area contributed by atoms with E-state index in [0.717, 1.165) is 44.8 Å². The number of hydrogen-bond donors (Lipinski definition) is 0. The van der Waals surface area contributed by atoms with E-state index >= 15 is 0 Å². The van der Waals surface area contributed by atoms with Gasteiger partial charge in [-0.05, 0) is 44.0 Å². The lowest BCUT2D eigenvalue weighted by Gasteiger charge is -2.35. The van der Waals surface area contributed by atoms with E-state index < -0.39 is 0 Å². The molecule has 0 saturated carbocycles. The Morgan fingerprint density at radius 2 is 1.56 bits per heavy atom. The number of carbonyl (C=O) groups excluding carboxylic acids is 2. The van der Waals surface area contributed by atoms with Crippen molar-refractivity contribution in [1.29, 1.82) is 0 Å². The molecule has 0 bridgehead atoms. The molecule has 6 nitrogen and oxygen atoms in total. The maximum atomic E-state index is 12.6. The molecule has 0 unspecified atom stereocenters. The van der Waals surface area contributed by atoms with Crippen molar-refractivity contribution < 1.29 is 14.3 Å². The Bertz CT molecular complexity index is 588. The second kappa shape index (κ2) is 8.34. The van der Waals surface area contributed by atoms with Gasteiger partial charge < -0.3 is 14.5 Å². The minimum Gasteiger partial charge on any atom is -0.494 e. The fourth-order valence-electron chi connectivity index (χ4n) is 3.41. The molecule has 2 fully saturated rings. The van der Waals surface area contributed by atoms with Gasteiger partial charge in [0.25, 0.3) is 5.91 Å². The molecule has 2 saturated heterocycles. The van der Waals surface area contributed by atoms with Crippen molar-refractivity contribution >= 4 is 11.8 Å². The van der Waals surface area contributed by atoms with Crippen LogP contribution in [0.25, 0.3) is 0 Å². The van der Waals surface area contributed by atoms with Gasteiger partial charge >= 0.3 is 0 Å². The summed E-state index contributed by atoms with van der Waals surface area (Å²) < 4.78 is 5.41. The highest BCUT2D eigenvalue weighted by Crippen LogP contribution is 2.15. The smallest absolute Gasteiger partial charge is 0.253 e. The van der Waals surface area contributed by atoms with Crippen molar-refractivity contribution in [3.63, 3.8) is 0 Å². The van der Waals surface area contributed by atoms with Crippen LogP contribution < -0.4 is 4.74 Å². The van der Waals surface area contributed by atoms with Crippen LogP contribution in [0.3, 0.4) is 0 Å². The van der Waals surface area contributed by atoms with Crippen LogP contribution in [0.4, 0.5) is 0 Å². The van der Waals surface area contributed by atoms with Gasteiger partial charge in [-0.2, -0.15) is 0 Å². The van der Waals surface area contributed by atoms with Gasteiger partial charge in [0.1, 0.15) is 5.75 Å². The monoisotopic (exact) mass is 345 g/mol. The molecule has 2 aliphatic rings. The van der Waals surface area contributed by atoms with Gasteiger partial charge in [0.2, 0.25) is 5.91 Å². The van der Waals surface area contributed by atoms with Crippen LogP contribution in [0.15, 0.2) is 24.3 Å². The maximum absolute atomic E-state index is 12.6. The Kier molecular flexibility index (Phi) is 5.91. The Morgan fingerprint density at radius 1 is 0.920 bits per heavy atom. The van der Waals surface area contributed by atoms with Crippen molar-refractivity contribution in [3.05, 3.63) is 29.8 Å². The molecule has 0 atom stereocenters. The summed E-state index contributed by atoms with van der Waals surface area (Å²) >= 11 is 0. The highest BCUT2D eigenvalue weighted by Gasteiger charge is 2.25. The minimum absolute atomic E-state index is 0.0496. The summed E-state index contributed by atoms with van der Waals surface area (Å²) in [4.78, 5) is 30.8. The van der Waals surface area contributed by atoms with Crippen molar-refractivity contribution in [2.75, 3.05) is 52.4 Å². The normalized spacial score (nSPS) is 18.4. The zero-order valence-corrected chi connectivity index (χ0v) is 14.9. The summed E-state index contributed by atoms with van der Waals surface area (Å²) in [6.07, 6.45) is 2.24. The molecule has 1 aromatic rings. The first-order valence-corrected chi connectivity index (χ1v) is 9.19. The molecule has 0 aliphatic carbocycles. The number of likely N-dealkylation sites (tertiary alicyclic amines) is 1. The zero-order valence-electron chi connectivity index (χ0n) is 14.9. The quantitative estimate of drug-likeness (QED) is 0.811. The van der Waals surface area contributed by atoms with E-state index in [4.69, 9.17) is 4.74 Å². The first-order valence-electron chi connectivity index (χ1n) is 9.19. The molecule has 3 rings (SSSR count). The highest BCUT2D eigenvalue weighted by molar-refractivity contribution is 5.94. The third-order valence-corrected chi connectivity index (χ3v) is 4.89. The predicted octanol–water partition coefficient (Wildman–Crippen LogP) is 1.47. The lowest BCUT2D eigenvalue weighted by atomic mass is 10.1. The molecule has 0 aromatic heterocycles. The fraction of sp³-hybridized carbons (Fsp3) is 0.579. The Labute approximate surface area is 149 Å². The SMILES string of the molecule is CCOc1ccc(C(=O)N2CCN(CC(=O)N3CCCC3)CC2)cc1. The molecular weight excluding hydrogens is 318 g/mol. The van der Waals surface area contributed by atoms with Crippen LogP contribution in [-0.2, 0) is 4.79 Å². The second-order valence-corrected chi connectivity index (χ2v) is 6.61. The molecule has 0 spiro atoms. The summed E-state index contributed by atoms with van der Waals surface area (Å²) in [6, 6.07) is 7.30. The maximum Gasteiger partial charge on any atom is 0.253 e. The summed E-state index contributed by atoms with van der Waals surface area (Å²) in [7, 11) is 0. The van der Waals surface area contributed by atoms with E-state index in [0.29, 0.717) is 31.8 Å². The topological polar surface area (TPSA) is 53.1 Å². The van der Waals surface area contributed by atoms with Gasteiger partial charge in [-0.1, -0.05) is 0 Å².